The van der Waals surface area contributed by atoms with Crippen LogP contribution < -0.4 is 0 Å². The summed E-state index contributed by atoms with van der Waals surface area (Å²) in [4.78, 5) is 12.2. The molecule has 0 N–H and O–H groups in total. The number of carbonyl (C=O) groups is 1. The maximum atomic E-state index is 12.2. The van der Waals surface area contributed by atoms with Crippen molar-refractivity contribution in [3.63, 3.8) is 0 Å². The van der Waals surface area contributed by atoms with E-state index in [1.807, 2.05) is 49.5 Å². The van der Waals surface area contributed by atoms with Gasteiger partial charge in [0.1, 0.15) is 11.9 Å². The van der Waals surface area contributed by atoms with Crippen LogP contribution in [0.5, 0.6) is 0 Å². The lowest BCUT2D eigenvalue weighted by atomic mass is 9.99. The maximum Gasteiger partial charge on any atom is 0.337 e. The van der Waals surface area contributed by atoms with Crippen molar-refractivity contribution in [1.29, 1.82) is 0 Å². The molecule has 1 unspecified atom stereocenters. The van der Waals surface area contributed by atoms with Crippen molar-refractivity contribution in [2.45, 2.75) is 19.4 Å². The number of benzene rings is 2. The smallest absolute Gasteiger partial charge is 0.337 e. The molecule has 1 aromatic heterocycles. The number of methoxy groups -OCH3 is 1. The topological polar surface area (TPSA) is 40.5 Å². The predicted molar refractivity (Wildman–Crippen MR) is 104 cm³/mol. The van der Waals surface area contributed by atoms with Crippen molar-refractivity contribution in [1.82, 2.24) is 4.57 Å². The van der Waals surface area contributed by atoms with Crippen LogP contribution in [0.2, 0.25) is 5.02 Å². The van der Waals surface area contributed by atoms with Crippen molar-refractivity contribution in [2.75, 3.05) is 7.11 Å². The summed E-state index contributed by atoms with van der Waals surface area (Å²) in [6.45, 7) is 5.77. The first kappa shape index (κ1) is 16.7. The van der Waals surface area contributed by atoms with E-state index in [0.29, 0.717) is 17.0 Å². The number of fused-ring (bicyclic) bond motifs is 3. The summed E-state index contributed by atoms with van der Waals surface area (Å²) in [5, 5.41) is 2.59. The van der Waals surface area contributed by atoms with Crippen molar-refractivity contribution < 1.29 is 14.3 Å². The number of allylic oxidation sites excluding steroid dienone is 1. The number of rotatable bonds is 3. The minimum Gasteiger partial charge on any atom is -0.488 e. The van der Waals surface area contributed by atoms with Crippen LogP contribution >= 0.6 is 11.6 Å². The molecule has 1 aliphatic rings. The average Bonchev–Trinajstić information content (AvgIpc) is 2.84. The van der Waals surface area contributed by atoms with Crippen LogP contribution in [-0.2, 0) is 9.47 Å². The Balaban J connectivity index is 2.18. The highest BCUT2D eigenvalue weighted by molar-refractivity contribution is 6.32. The summed E-state index contributed by atoms with van der Waals surface area (Å²) >= 11 is 6.24. The molecule has 1 aliphatic heterocycles. The Bertz CT molecular complexity index is 1090. The van der Waals surface area contributed by atoms with E-state index in [9.17, 15) is 4.79 Å². The number of carbonyl (C=O) groups excluding carboxylic acids is 1. The Kier molecular flexibility index (Phi) is 4.00. The van der Waals surface area contributed by atoms with Crippen LogP contribution in [0.1, 0.15) is 35.4 Å². The van der Waals surface area contributed by atoms with E-state index in [1.165, 1.54) is 7.11 Å². The van der Waals surface area contributed by atoms with Gasteiger partial charge in [-0.25, -0.2) is 4.79 Å². The second kappa shape index (κ2) is 6.22. The van der Waals surface area contributed by atoms with Gasteiger partial charge in [0.2, 0.25) is 0 Å². The van der Waals surface area contributed by atoms with Crippen LogP contribution in [0.25, 0.3) is 28.0 Å². The summed E-state index contributed by atoms with van der Waals surface area (Å²) in [6, 6.07) is 9.49. The van der Waals surface area contributed by atoms with Gasteiger partial charge < -0.3 is 14.0 Å². The first-order valence-corrected chi connectivity index (χ1v) is 8.72. The van der Waals surface area contributed by atoms with Gasteiger partial charge in [0, 0.05) is 34.0 Å². The Morgan fingerprint density at radius 2 is 2.15 bits per heavy atom. The highest BCUT2D eigenvalue weighted by atomic mass is 35.5. The quantitative estimate of drug-likeness (QED) is 0.440. The van der Waals surface area contributed by atoms with Gasteiger partial charge in [-0.1, -0.05) is 17.7 Å². The number of hydrogen-bond donors (Lipinski definition) is 0. The van der Waals surface area contributed by atoms with Gasteiger partial charge in [-0.15, -0.1) is 6.58 Å². The summed E-state index contributed by atoms with van der Waals surface area (Å²) in [5.41, 5.74) is 3.45. The second-order valence-electron chi connectivity index (χ2n) is 6.36. The Morgan fingerprint density at radius 3 is 2.88 bits per heavy atom. The maximum absolute atomic E-state index is 12.2. The van der Waals surface area contributed by atoms with Crippen LogP contribution in [0, 0.1) is 0 Å². The van der Waals surface area contributed by atoms with E-state index in [0.717, 1.165) is 33.1 Å². The van der Waals surface area contributed by atoms with Crippen molar-refractivity contribution in [2.24, 2.45) is 0 Å². The third-order valence-corrected chi connectivity index (χ3v) is 4.91. The number of halogens is 1. The summed E-state index contributed by atoms with van der Waals surface area (Å²) in [6.07, 6.45) is 4.21. The van der Waals surface area contributed by atoms with Gasteiger partial charge in [0.25, 0.3) is 0 Å². The summed E-state index contributed by atoms with van der Waals surface area (Å²) < 4.78 is 13.2. The first-order valence-electron chi connectivity index (χ1n) is 8.35. The molecular formula is C21H18ClNO3. The largest absolute Gasteiger partial charge is 0.488 e. The molecule has 0 spiro atoms. The summed E-state index contributed by atoms with van der Waals surface area (Å²) in [5.74, 6) is 0.416. The zero-order chi connectivity index (χ0) is 18.4. The molecule has 5 heteroatoms. The van der Waals surface area contributed by atoms with Gasteiger partial charge in [-0.2, -0.15) is 0 Å². The Hall–Kier alpha value is -2.72. The van der Waals surface area contributed by atoms with E-state index in [-0.39, 0.29) is 12.1 Å². The van der Waals surface area contributed by atoms with E-state index in [2.05, 4.69) is 11.1 Å². The molecule has 0 amide bonds. The number of nitrogens with zero attached hydrogens (tertiary/aromatic N) is 1. The molecule has 3 aromatic rings. The average molecular weight is 368 g/mol. The van der Waals surface area contributed by atoms with Gasteiger partial charge >= 0.3 is 5.97 Å². The highest BCUT2D eigenvalue weighted by Gasteiger charge is 2.25. The Labute approximate surface area is 156 Å². The van der Waals surface area contributed by atoms with Crippen LogP contribution in [-0.4, -0.2) is 17.6 Å². The van der Waals surface area contributed by atoms with E-state index in [4.69, 9.17) is 21.1 Å². The zero-order valence-electron chi connectivity index (χ0n) is 14.6. The molecule has 26 heavy (non-hydrogen) atoms. The molecule has 0 saturated heterocycles. The van der Waals surface area contributed by atoms with Crippen LogP contribution in [0.15, 0.2) is 48.7 Å². The predicted octanol–water partition coefficient (Wildman–Crippen LogP) is 5.70. The number of hydrogen-bond acceptors (Lipinski definition) is 3. The molecule has 0 fully saturated rings. The van der Waals surface area contributed by atoms with Gasteiger partial charge in [-0.3, -0.25) is 0 Å². The minimum atomic E-state index is -0.377. The zero-order valence-corrected chi connectivity index (χ0v) is 15.3. The van der Waals surface area contributed by atoms with E-state index >= 15 is 0 Å². The molecule has 4 nitrogen and oxygen atoms in total. The highest BCUT2D eigenvalue weighted by Crippen LogP contribution is 2.41. The first-order chi connectivity index (χ1) is 12.5. The normalized spacial score (nSPS) is 16.1. The molecule has 0 saturated carbocycles. The lowest BCUT2D eigenvalue weighted by molar-refractivity contribution is 0.0600. The molecule has 132 valence electrons. The van der Waals surface area contributed by atoms with Crippen molar-refractivity contribution in [3.8, 4) is 0 Å². The molecular weight excluding hydrogens is 350 g/mol. The second-order valence-corrected chi connectivity index (χ2v) is 6.79. The van der Waals surface area contributed by atoms with Crippen LogP contribution in [0.4, 0.5) is 0 Å². The lowest BCUT2D eigenvalue weighted by Crippen LogP contribution is -2.06. The molecule has 0 aliphatic carbocycles. The monoisotopic (exact) mass is 367 g/mol. The third-order valence-electron chi connectivity index (χ3n) is 4.68. The molecule has 1 atom stereocenters. The Morgan fingerprint density at radius 1 is 1.35 bits per heavy atom. The van der Waals surface area contributed by atoms with Crippen molar-refractivity contribution >= 4 is 45.6 Å². The summed E-state index contributed by atoms with van der Waals surface area (Å²) in [7, 11) is 1.38. The van der Waals surface area contributed by atoms with Gasteiger partial charge in [-0.05, 0) is 37.3 Å². The molecule has 0 radical (unpaired) electrons. The molecule has 0 bridgehead atoms. The van der Waals surface area contributed by atoms with Gasteiger partial charge in [0.15, 0.2) is 0 Å². The van der Waals surface area contributed by atoms with E-state index in [1.54, 1.807) is 0 Å². The fourth-order valence-electron chi connectivity index (χ4n) is 3.63. The fourth-order valence-corrected chi connectivity index (χ4v) is 3.80. The SMILES string of the molecule is C=CCC1OC(C)=Cn2c3ccc(Cl)cc3c3cc(C(=O)OC)cc1c32. The van der Waals surface area contributed by atoms with Crippen LogP contribution in [0.3, 0.4) is 0 Å². The molecule has 2 aromatic carbocycles. The molecule has 4 rings (SSSR count). The standard InChI is InChI=1S/C21H18ClNO3/c1-4-5-19-17-9-13(21(24)25-3)8-16-15-10-14(22)6-7-18(15)23(20(16)17)11-12(2)26-19/h4,6-11,19H,1,5H2,2-3H3. The number of ether oxygens (including phenoxy) is 2. The minimum absolute atomic E-state index is 0.225. The lowest BCUT2D eigenvalue weighted by Gasteiger charge is -2.18. The van der Waals surface area contributed by atoms with Crippen molar-refractivity contribution in [3.05, 3.63) is 64.9 Å². The fraction of sp³-hybridized carbons (Fsp3) is 0.190. The number of esters is 1. The van der Waals surface area contributed by atoms with Gasteiger partial charge in [0.05, 0.1) is 23.7 Å². The van der Waals surface area contributed by atoms with E-state index < -0.39 is 0 Å². The molecule has 2 heterocycles. The third kappa shape index (κ3) is 2.49. The number of aromatic nitrogens is 1.